The van der Waals surface area contributed by atoms with E-state index in [0.717, 1.165) is 28.3 Å². The van der Waals surface area contributed by atoms with Gasteiger partial charge in [-0.05, 0) is 42.5 Å². The lowest BCUT2D eigenvalue weighted by atomic mass is 10.2. The van der Waals surface area contributed by atoms with Crippen molar-refractivity contribution in [3.63, 3.8) is 0 Å². The topological polar surface area (TPSA) is 34.4 Å². The fourth-order valence-electron chi connectivity index (χ4n) is 2.40. The molecule has 1 aromatic heterocycles. The number of nitrogens with one attached hydrogen (secondary N) is 1. The second-order valence-corrected chi connectivity index (χ2v) is 5.22. The summed E-state index contributed by atoms with van der Waals surface area (Å²) in [5, 5.41) is 3.35. The molecule has 0 radical (unpaired) electrons. The van der Waals surface area contributed by atoms with Crippen molar-refractivity contribution in [3.05, 3.63) is 77.8 Å². The predicted molar refractivity (Wildman–Crippen MR) is 88.6 cm³/mol. The summed E-state index contributed by atoms with van der Waals surface area (Å²) < 4.78 is 24.0. The van der Waals surface area contributed by atoms with E-state index in [9.17, 15) is 4.39 Å². The van der Waals surface area contributed by atoms with Crippen LogP contribution < -0.4 is 5.32 Å². The van der Waals surface area contributed by atoms with Gasteiger partial charge in [0.05, 0.1) is 13.2 Å². The zero-order valence-corrected chi connectivity index (χ0v) is 12.9. The first-order chi connectivity index (χ1) is 11.3. The Hall–Kier alpha value is -2.59. The summed E-state index contributed by atoms with van der Waals surface area (Å²) in [5.41, 5.74) is 2.98. The minimum atomic E-state index is -0.253. The molecule has 2 aromatic carbocycles. The molecule has 1 N–H and O–H groups in total. The molecule has 3 rings (SSSR count). The summed E-state index contributed by atoms with van der Waals surface area (Å²) in [5.74, 6) is 1.29. The van der Waals surface area contributed by atoms with Crippen molar-refractivity contribution in [1.29, 1.82) is 0 Å². The molecule has 23 heavy (non-hydrogen) atoms. The number of ether oxygens (including phenoxy) is 1. The molecule has 0 fully saturated rings. The lowest BCUT2D eigenvalue weighted by Gasteiger charge is -2.10. The maximum absolute atomic E-state index is 13.0. The molecular formula is C19H18FNO2. The van der Waals surface area contributed by atoms with Gasteiger partial charge in [0.2, 0.25) is 0 Å². The lowest BCUT2D eigenvalue weighted by Crippen LogP contribution is -2.02. The SMILES string of the molecule is COCc1ccccc1NCc1ccc(-c2ccc(F)cc2)o1. The van der Waals surface area contributed by atoms with E-state index in [1.54, 1.807) is 19.2 Å². The predicted octanol–water partition coefficient (Wildman–Crippen LogP) is 4.84. The lowest BCUT2D eigenvalue weighted by molar-refractivity contribution is 0.185. The van der Waals surface area contributed by atoms with E-state index in [2.05, 4.69) is 5.32 Å². The van der Waals surface area contributed by atoms with Crippen molar-refractivity contribution in [3.8, 4) is 11.3 Å². The molecule has 0 amide bonds. The Balaban J connectivity index is 1.69. The molecule has 0 aliphatic carbocycles. The molecule has 0 aliphatic rings. The van der Waals surface area contributed by atoms with Crippen LogP contribution in [0.2, 0.25) is 0 Å². The van der Waals surface area contributed by atoms with Gasteiger partial charge in [-0.3, -0.25) is 0 Å². The van der Waals surface area contributed by atoms with Crippen molar-refractivity contribution in [2.24, 2.45) is 0 Å². The molecular weight excluding hydrogens is 293 g/mol. The van der Waals surface area contributed by atoms with Crippen molar-refractivity contribution in [2.45, 2.75) is 13.2 Å². The third-order valence-corrected chi connectivity index (χ3v) is 3.56. The molecule has 4 heteroatoms. The third kappa shape index (κ3) is 3.79. The summed E-state index contributed by atoms with van der Waals surface area (Å²) in [6.45, 7) is 1.13. The van der Waals surface area contributed by atoms with E-state index in [1.165, 1.54) is 12.1 Å². The number of methoxy groups -OCH3 is 1. The molecule has 0 spiro atoms. The zero-order chi connectivity index (χ0) is 16.1. The summed E-state index contributed by atoms with van der Waals surface area (Å²) in [6, 6.07) is 18.1. The van der Waals surface area contributed by atoms with Crippen LogP contribution in [0.4, 0.5) is 10.1 Å². The van der Waals surface area contributed by atoms with E-state index in [0.29, 0.717) is 13.2 Å². The van der Waals surface area contributed by atoms with Gasteiger partial charge in [-0.1, -0.05) is 18.2 Å². The molecule has 3 aromatic rings. The van der Waals surface area contributed by atoms with Crippen LogP contribution in [0.15, 0.2) is 65.1 Å². The van der Waals surface area contributed by atoms with Crippen LogP contribution >= 0.6 is 0 Å². The Morgan fingerprint density at radius 1 is 1.00 bits per heavy atom. The van der Waals surface area contributed by atoms with E-state index >= 15 is 0 Å². The fraction of sp³-hybridized carbons (Fsp3) is 0.158. The Morgan fingerprint density at radius 3 is 2.57 bits per heavy atom. The highest BCUT2D eigenvalue weighted by Gasteiger charge is 2.06. The number of halogens is 1. The van der Waals surface area contributed by atoms with Crippen LogP contribution in [0.25, 0.3) is 11.3 Å². The van der Waals surface area contributed by atoms with Gasteiger partial charge >= 0.3 is 0 Å². The van der Waals surface area contributed by atoms with Gasteiger partial charge in [-0.15, -0.1) is 0 Å². The zero-order valence-electron chi connectivity index (χ0n) is 12.9. The summed E-state index contributed by atoms with van der Waals surface area (Å²) in [4.78, 5) is 0. The molecule has 1 heterocycles. The highest BCUT2D eigenvalue weighted by atomic mass is 19.1. The second-order valence-electron chi connectivity index (χ2n) is 5.22. The Labute approximate surface area is 134 Å². The minimum absolute atomic E-state index is 0.253. The number of rotatable bonds is 6. The second kappa shape index (κ2) is 7.11. The molecule has 0 saturated carbocycles. The normalized spacial score (nSPS) is 10.7. The van der Waals surface area contributed by atoms with Crippen molar-refractivity contribution in [2.75, 3.05) is 12.4 Å². The first kappa shape index (κ1) is 15.3. The van der Waals surface area contributed by atoms with Crippen LogP contribution in [-0.2, 0) is 17.9 Å². The summed E-state index contributed by atoms with van der Waals surface area (Å²) in [7, 11) is 1.68. The standard InChI is InChI=1S/C19H18FNO2/c1-22-13-15-4-2-3-5-18(15)21-12-17-10-11-19(23-17)14-6-8-16(20)9-7-14/h2-11,21H,12-13H2,1H3. The molecule has 0 saturated heterocycles. The van der Waals surface area contributed by atoms with Crippen molar-refractivity contribution in [1.82, 2.24) is 0 Å². The van der Waals surface area contributed by atoms with Crippen LogP contribution in [0.1, 0.15) is 11.3 Å². The average Bonchev–Trinajstić information content (AvgIpc) is 3.04. The monoisotopic (exact) mass is 311 g/mol. The van der Waals surface area contributed by atoms with E-state index in [4.69, 9.17) is 9.15 Å². The summed E-state index contributed by atoms with van der Waals surface area (Å²) in [6.07, 6.45) is 0. The van der Waals surface area contributed by atoms with Crippen LogP contribution in [0.5, 0.6) is 0 Å². The highest BCUT2D eigenvalue weighted by molar-refractivity contribution is 5.57. The molecule has 0 atom stereocenters. The van der Waals surface area contributed by atoms with E-state index < -0.39 is 0 Å². The van der Waals surface area contributed by atoms with Crippen molar-refractivity contribution >= 4 is 5.69 Å². The number of benzene rings is 2. The van der Waals surface area contributed by atoms with Gasteiger partial charge in [-0.25, -0.2) is 4.39 Å². The molecule has 118 valence electrons. The smallest absolute Gasteiger partial charge is 0.134 e. The Bertz CT molecular complexity index is 765. The van der Waals surface area contributed by atoms with Gasteiger partial charge < -0.3 is 14.5 Å². The largest absolute Gasteiger partial charge is 0.459 e. The maximum Gasteiger partial charge on any atom is 0.134 e. The number of para-hydroxylation sites is 1. The number of furan rings is 1. The molecule has 0 bridgehead atoms. The molecule has 0 unspecified atom stereocenters. The molecule has 0 aliphatic heterocycles. The van der Waals surface area contributed by atoms with Gasteiger partial charge in [0.25, 0.3) is 0 Å². The first-order valence-electron chi connectivity index (χ1n) is 7.41. The number of anilines is 1. The van der Waals surface area contributed by atoms with Crippen LogP contribution in [-0.4, -0.2) is 7.11 Å². The minimum Gasteiger partial charge on any atom is -0.459 e. The quantitative estimate of drug-likeness (QED) is 0.707. The Morgan fingerprint density at radius 2 is 1.78 bits per heavy atom. The average molecular weight is 311 g/mol. The molecule has 3 nitrogen and oxygen atoms in total. The Kier molecular flexibility index (Phi) is 4.74. The van der Waals surface area contributed by atoms with Crippen LogP contribution in [0, 0.1) is 5.82 Å². The fourth-order valence-corrected chi connectivity index (χ4v) is 2.40. The third-order valence-electron chi connectivity index (χ3n) is 3.56. The van der Waals surface area contributed by atoms with Gasteiger partial charge in [0.15, 0.2) is 0 Å². The van der Waals surface area contributed by atoms with E-state index in [1.807, 2.05) is 36.4 Å². The number of hydrogen-bond donors (Lipinski definition) is 1. The highest BCUT2D eigenvalue weighted by Crippen LogP contribution is 2.23. The van der Waals surface area contributed by atoms with Crippen molar-refractivity contribution < 1.29 is 13.5 Å². The first-order valence-corrected chi connectivity index (χ1v) is 7.41. The van der Waals surface area contributed by atoms with Crippen LogP contribution in [0.3, 0.4) is 0 Å². The number of hydrogen-bond acceptors (Lipinski definition) is 3. The van der Waals surface area contributed by atoms with Gasteiger partial charge in [0.1, 0.15) is 17.3 Å². The maximum atomic E-state index is 13.0. The van der Waals surface area contributed by atoms with E-state index in [-0.39, 0.29) is 5.82 Å². The summed E-state index contributed by atoms with van der Waals surface area (Å²) >= 11 is 0. The van der Waals surface area contributed by atoms with Gasteiger partial charge in [0, 0.05) is 23.9 Å². The van der Waals surface area contributed by atoms with Gasteiger partial charge in [-0.2, -0.15) is 0 Å².